The second-order valence-electron chi connectivity index (χ2n) is 11.5. The first-order valence-corrected chi connectivity index (χ1v) is 12.3. The molecular formula is C24H37NO7. The van der Waals surface area contributed by atoms with Gasteiger partial charge in [0.1, 0.15) is 16.8 Å². The molecule has 7 fully saturated rings. The molecule has 0 aromatic heterocycles. The number of likely N-dealkylation sites (tertiary alicyclic amines) is 1. The van der Waals surface area contributed by atoms with E-state index in [9.17, 15) is 10.2 Å². The van der Waals surface area contributed by atoms with Gasteiger partial charge in [-0.05, 0) is 18.9 Å². The van der Waals surface area contributed by atoms with Gasteiger partial charge < -0.3 is 33.9 Å². The van der Waals surface area contributed by atoms with Gasteiger partial charge in [-0.15, -0.1) is 0 Å². The quantitative estimate of drug-likeness (QED) is 0.566. The minimum atomic E-state index is -1.31. The Morgan fingerprint density at radius 2 is 1.88 bits per heavy atom. The van der Waals surface area contributed by atoms with E-state index < -0.39 is 28.8 Å². The Bertz CT molecular complexity index is 843. The Labute approximate surface area is 189 Å². The lowest BCUT2D eigenvalue weighted by Crippen LogP contribution is -2.82. The average molecular weight is 452 g/mol. The first kappa shape index (κ1) is 21.0. The zero-order chi connectivity index (χ0) is 22.4. The number of nitrogens with zero attached hydrogens (tertiary/aromatic N) is 1. The van der Waals surface area contributed by atoms with Crippen molar-refractivity contribution in [3.05, 3.63) is 0 Å². The summed E-state index contributed by atoms with van der Waals surface area (Å²) in [5, 5.41) is 25.0. The van der Waals surface area contributed by atoms with Crippen molar-refractivity contribution in [3.63, 3.8) is 0 Å². The van der Waals surface area contributed by atoms with Gasteiger partial charge in [-0.2, -0.15) is 0 Å². The lowest BCUT2D eigenvalue weighted by molar-refractivity contribution is -0.320. The summed E-state index contributed by atoms with van der Waals surface area (Å²) in [6.07, 6.45) is 0.967. The fourth-order valence-corrected chi connectivity index (χ4v) is 11.0. The predicted molar refractivity (Wildman–Crippen MR) is 112 cm³/mol. The first-order chi connectivity index (χ1) is 15.4. The van der Waals surface area contributed by atoms with Crippen LogP contribution in [0.1, 0.15) is 26.2 Å². The molecular weight excluding hydrogens is 414 g/mol. The fourth-order valence-electron chi connectivity index (χ4n) is 11.0. The Balaban J connectivity index is 1.56. The van der Waals surface area contributed by atoms with Crippen molar-refractivity contribution in [2.75, 3.05) is 41.5 Å². The van der Waals surface area contributed by atoms with Gasteiger partial charge in [-0.25, -0.2) is 0 Å². The van der Waals surface area contributed by atoms with Crippen LogP contribution in [-0.2, 0) is 23.7 Å². The summed E-state index contributed by atoms with van der Waals surface area (Å²) >= 11 is 0. The number of epoxide rings is 1. The van der Waals surface area contributed by atoms with Crippen LogP contribution >= 0.6 is 0 Å². The molecule has 14 atom stereocenters. The van der Waals surface area contributed by atoms with Gasteiger partial charge in [0.05, 0.1) is 36.6 Å². The van der Waals surface area contributed by atoms with Crippen LogP contribution in [0, 0.1) is 29.1 Å². The summed E-state index contributed by atoms with van der Waals surface area (Å²) in [5.41, 5.74) is -3.07. The van der Waals surface area contributed by atoms with Crippen LogP contribution in [-0.4, -0.2) is 110 Å². The molecule has 2 N–H and O–H groups in total. The summed E-state index contributed by atoms with van der Waals surface area (Å²) in [5.74, 6) is 0.265. The van der Waals surface area contributed by atoms with E-state index in [0.717, 1.165) is 19.5 Å². The topological polar surface area (TPSA) is 93.2 Å². The molecule has 0 aromatic carbocycles. The predicted octanol–water partition coefficient (Wildman–Crippen LogP) is 0.0398. The minimum Gasteiger partial charge on any atom is -0.392 e. The summed E-state index contributed by atoms with van der Waals surface area (Å²) < 4.78 is 31.4. The highest BCUT2D eigenvalue weighted by Crippen LogP contribution is 2.82. The number of ether oxygens (including phenoxy) is 5. The molecule has 180 valence electrons. The molecule has 2 aliphatic heterocycles. The van der Waals surface area contributed by atoms with Gasteiger partial charge in [0, 0.05) is 71.0 Å². The molecule has 0 amide bonds. The van der Waals surface area contributed by atoms with Crippen molar-refractivity contribution in [2.45, 2.75) is 79.6 Å². The molecule has 7 rings (SSSR count). The third-order valence-electron chi connectivity index (χ3n) is 11.5. The smallest absolute Gasteiger partial charge is 0.136 e. The Morgan fingerprint density at radius 3 is 2.50 bits per heavy atom. The fraction of sp³-hybridized carbons (Fsp3) is 1.00. The molecule has 2 saturated heterocycles. The van der Waals surface area contributed by atoms with Crippen molar-refractivity contribution in [1.82, 2.24) is 4.90 Å². The molecule has 5 aliphatic carbocycles. The molecule has 5 saturated carbocycles. The number of hydrogen-bond donors (Lipinski definition) is 2. The monoisotopic (exact) mass is 451 g/mol. The number of hydrogen-bond acceptors (Lipinski definition) is 8. The van der Waals surface area contributed by atoms with Crippen LogP contribution in [0.5, 0.6) is 0 Å². The molecule has 0 aromatic rings. The highest BCUT2D eigenvalue weighted by atomic mass is 16.6. The first-order valence-electron chi connectivity index (χ1n) is 12.3. The Morgan fingerprint density at radius 1 is 1.09 bits per heavy atom. The van der Waals surface area contributed by atoms with Gasteiger partial charge in [-0.3, -0.25) is 4.90 Å². The standard InChI is InChI=1S/C24H37NO7/c1-6-25-10-21-15(32-21)8-14(26)23-12-7-11-13(28-2)9-22(31-5,16(12)17(11)29-3)24(27,20(23)25)19(30-4)18(21)23/h11-20,26-27H,6-10H2,1-5H3. The number of piperidine rings is 1. The maximum Gasteiger partial charge on any atom is 0.136 e. The summed E-state index contributed by atoms with van der Waals surface area (Å²) in [7, 11) is 6.95. The van der Waals surface area contributed by atoms with Crippen LogP contribution < -0.4 is 0 Å². The van der Waals surface area contributed by atoms with Gasteiger partial charge in [-0.1, -0.05) is 6.92 Å². The number of methoxy groups -OCH3 is 4. The molecule has 8 nitrogen and oxygen atoms in total. The van der Waals surface area contributed by atoms with Gasteiger partial charge in [0.2, 0.25) is 0 Å². The van der Waals surface area contributed by atoms with Crippen LogP contribution in [0.3, 0.4) is 0 Å². The lowest BCUT2D eigenvalue weighted by atomic mass is 9.45. The van der Waals surface area contributed by atoms with Crippen molar-refractivity contribution in [3.8, 4) is 0 Å². The maximum atomic E-state index is 13.1. The molecule has 0 radical (unpaired) electrons. The Hall–Kier alpha value is -0.320. The van der Waals surface area contributed by atoms with Crippen LogP contribution in [0.2, 0.25) is 0 Å². The number of aliphatic hydroxyl groups is 2. The third-order valence-corrected chi connectivity index (χ3v) is 11.5. The van der Waals surface area contributed by atoms with E-state index in [4.69, 9.17) is 23.7 Å². The third kappa shape index (κ3) is 1.73. The minimum absolute atomic E-state index is 0.0309. The zero-order valence-corrected chi connectivity index (χ0v) is 19.7. The molecule has 7 bridgehead atoms. The summed E-state index contributed by atoms with van der Waals surface area (Å²) in [6, 6.07) is -0.256. The lowest BCUT2D eigenvalue weighted by Gasteiger charge is -2.68. The van der Waals surface area contributed by atoms with Crippen molar-refractivity contribution >= 4 is 0 Å². The second-order valence-corrected chi connectivity index (χ2v) is 11.5. The molecule has 7 aliphatic rings. The van der Waals surface area contributed by atoms with Crippen LogP contribution in [0.4, 0.5) is 0 Å². The average Bonchev–Trinajstić information content (AvgIpc) is 3.31. The van der Waals surface area contributed by atoms with E-state index in [-0.39, 0.29) is 53.6 Å². The van der Waals surface area contributed by atoms with E-state index in [1.807, 2.05) is 0 Å². The number of likely N-dealkylation sites (N-methyl/N-ethyl adjacent to an activating group) is 1. The molecule has 8 heteroatoms. The summed E-state index contributed by atoms with van der Waals surface area (Å²) in [4.78, 5) is 2.38. The van der Waals surface area contributed by atoms with E-state index in [2.05, 4.69) is 11.8 Å². The second kappa shape index (κ2) is 6.08. The highest BCUT2D eigenvalue weighted by molar-refractivity contribution is 5.44. The van der Waals surface area contributed by atoms with Crippen LogP contribution in [0.15, 0.2) is 0 Å². The van der Waals surface area contributed by atoms with Gasteiger partial charge >= 0.3 is 0 Å². The Kier molecular flexibility index (Phi) is 3.99. The van der Waals surface area contributed by atoms with E-state index >= 15 is 0 Å². The maximum absolute atomic E-state index is 13.1. The van der Waals surface area contributed by atoms with E-state index in [1.165, 1.54) is 0 Å². The highest BCUT2D eigenvalue weighted by Gasteiger charge is 2.95. The largest absolute Gasteiger partial charge is 0.392 e. The van der Waals surface area contributed by atoms with Gasteiger partial charge in [0.15, 0.2) is 0 Å². The molecule has 2 spiro atoms. The number of rotatable bonds is 5. The molecule has 2 heterocycles. The van der Waals surface area contributed by atoms with Crippen molar-refractivity contribution < 1.29 is 33.9 Å². The molecule has 32 heavy (non-hydrogen) atoms. The van der Waals surface area contributed by atoms with Crippen LogP contribution in [0.25, 0.3) is 0 Å². The van der Waals surface area contributed by atoms with Gasteiger partial charge in [0.25, 0.3) is 0 Å². The normalized spacial score (nSPS) is 65.7. The van der Waals surface area contributed by atoms with E-state index in [1.54, 1.807) is 28.4 Å². The van der Waals surface area contributed by atoms with E-state index in [0.29, 0.717) is 12.8 Å². The summed E-state index contributed by atoms with van der Waals surface area (Å²) in [6.45, 7) is 3.71. The SMILES string of the molecule is CCN1CC23OC2CC(O)C24C5CC6C(OC)CC(OC)(C5C6OC)C(O)(C(OC)C32)C14. The number of fused-ring (bicyclic) bond motifs is 2. The van der Waals surface area contributed by atoms with Crippen molar-refractivity contribution in [1.29, 1.82) is 0 Å². The molecule has 14 unspecified atom stereocenters. The number of aliphatic hydroxyl groups excluding tert-OH is 1. The van der Waals surface area contributed by atoms with Crippen molar-refractivity contribution in [2.24, 2.45) is 29.1 Å². The zero-order valence-electron chi connectivity index (χ0n) is 19.7.